The highest BCUT2D eigenvalue weighted by Gasteiger charge is 2.20. The third-order valence-electron chi connectivity index (χ3n) is 5.02. The standard InChI is InChI=1S/C18H31N5O2/c1-19-18(20-8-4-13-24-17-5-2-3-6-17)23-11-9-22(10-12-23)15-16-7-14-25-21-16/h7,14,17H,2-6,8-13,15H2,1H3,(H,19,20). The van der Waals surface area contributed by atoms with E-state index in [2.05, 4.69) is 25.3 Å². The summed E-state index contributed by atoms with van der Waals surface area (Å²) >= 11 is 0. The minimum atomic E-state index is 0.511. The first-order valence-corrected chi connectivity index (χ1v) is 9.54. The lowest BCUT2D eigenvalue weighted by molar-refractivity contribution is 0.0572. The van der Waals surface area contributed by atoms with E-state index in [1.54, 1.807) is 6.26 Å². The number of hydrogen-bond acceptors (Lipinski definition) is 5. The average molecular weight is 349 g/mol. The Kier molecular flexibility index (Phi) is 7.11. The van der Waals surface area contributed by atoms with Crippen LogP contribution in [0.3, 0.4) is 0 Å². The number of guanidine groups is 1. The maximum Gasteiger partial charge on any atom is 0.193 e. The highest BCUT2D eigenvalue weighted by atomic mass is 16.5. The monoisotopic (exact) mass is 349 g/mol. The Labute approximate surface area is 150 Å². The summed E-state index contributed by atoms with van der Waals surface area (Å²) in [4.78, 5) is 9.16. The van der Waals surface area contributed by atoms with Crippen molar-refractivity contribution < 1.29 is 9.26 Å². The molecule has 3 rings (SSSR count). The molecule has 2 heterocycles. The Balaban J connectivity index is 1.30. The average Bonchev–Trinajstić information content (AvgIpc) is 3.33. The van der Waals surface area contributed by atoms with Crippen LogP contribution >= 0.6 is 0 Å². The summed E-state index contributed by atoms with van der Waals surface area (Å²) in [6.45, 7) is 6.61. The smallest absolute Gasteiger partial charge is 0.193 e. The second kappa shape index (κ2) is 9.77. The Hall–Kier alpha value is -1.60. The third-order valence-corrected chi connectivity index (χ3v) is 5.02. The minimum absolute atomic E-state index is 0.511. The molecule has 1 aromatic heterocycles. The van der Waals surface area contributed by atoms with Crippen LogP contribution in [0.1, 0.15) is 37.8 Å². The van der Waals surface area contributed by atoms with Crippen molar-refractivity contribution in [1.29, 1.82) is 0 Å². The molecule has 1 saturated carbocycles. The van der Waals surface area contributed by atoms with E-state index in [1.807, 2.05) is 13.1 Å². The second-order valence-electron chi connectivity index (χ2n) is 6.86. The highest BCUT2D eigenvalue weighted by Crippen LogP contribution is 2.20. The predicted molar refractivity (Wildman–Crippen MR) is 97.5 cm³/mol. The SMILES string of the molecule is CN=C(NCCCOC1CCCC1)N1CCN(Cc2ccon2)CC1. The summed E-state index contributed by atoms with van der Waals surface area (Å²) < 4.78 is 10.8. The molecule has 1 aliphatic carbocycles. The lowest BCUT2D eigenvalue weighted by atomic mass is 10.3. The van der Waals surface area contributed by atoms with Gasteiger partial charge in [-0.3, -0.25) is 9.89 Å². The van der Waals surface area contributed by atoms with Gasteiger partial charge in [0.1, 0.15) is 6.26 Å². The van der Waals surface area contributed by atoms with Crippen molar-refractivity contribution in [3.8, 4) is 0 Å². The molecule has 0 amide bonds. The molecule has 2 fully saturated rings. The second-order valence-corrected chi connectivity index (χ2v) is 6.86. The maximum absolute atomic E-state index is 5.91. The van der Waals surface area contributed by atoms with Crippen molar-refractivity contribution in [2.45, 2.75) is 44.8 Å². The zero-order valence-corrected chi connectivity index (χ0v) is 15.3. The molecule has 7 nitrogen and oxygen atoms in total. The van der Waals surface area contributed by atoms with E-state index in [1.165, 1.54) is 25.7 Å². The van der Waals surface area contributed by atoms with Crippen LogP contribution in [0.5, 0.6) is 0 Å². The molecule has 0 aromatic carbocycles. The highest BCUT2D eigenvalue weighted by molar-refractivity contribution is 5.79. The van der Waals surface area contributed by atoms with Crippen molar-refractivity contribution >= 4 is 5.96 Å². The lowest BCUT2D eigenvalue weighted by Gasteiger charge is -2.36. The van der Waals surface area contributed by atoms with Gasteiger partial charge in [-0.25, -0.2) is 0 Å². The quantitative estimate of drug-likeness (QED) is 0.459. The van der Waals surface area contributed by atoms with Crippen LogP contribution in [0.25, 0.3) is 0 Å². The van der Waals surface area contributed by atoms with Crippen LogP contribution in [-0.2, 0) is 11.3 Å². The molecule has 7 heteroatoms. The van der Waals surface area contributed by atoms with E-state index in [0.717, 1.165) is 63.9 Å². The molecule has 140 valence electrons. The van der Waals surface area contributed by atoms with Gasteiger partial charge < -0.3 is 19.5 Å². The molecule has 0 bridgehead atoms. The van der Waals surface area contributed by atoms with Crippen LogP contribution in [0.15, 0.2) is 21.8 Å². The van der Waals surface area contributed by atoms with Gasteiger partial charge in [0.25, 0.3) is 0 Å². The number of aromatic nitrogens is 1. The van der Waals surface area contributed by atoms with Crippen LogP contribution in [0, 0.1) is 0 Å². The minimum Gasteiger partial charge on any atom is -0.378 e. The summed E-state index contributed by atoms with van der Waals surface area (Å²) in [7, 11) is 1.86. The van der Waals surface area contributed by atoms with E-state index in [0.29, 0.717) is 6.10 Å². The van der Waals surface area contributed by atoms with Crippen LogP contribution in [0.2, 0.25) is 0 Å². The first-order valence-electron chi connectivity index (χ1n) is 9.54. The number of nitrogens with one attached hydrogen (secondary N) is 1. The van der Waals surface area contributed by atoms with Gasteiger partial charge in [-0.05, 0) is 19.3 Å². The fourth-order valence-corrected chi connectivity index (χ4v) is 3.58. The van der Waals surface area contributed by atoms with Gasteiger partial charge in [-0.2, -0.15) is 0 Å². The number of piperazine rings is 1. The van der Waals surface area contributed by atoms with Gasteiger partial charge in [0.05, 0.1) is 11.8 Å². The fourth-order valence-electron chi connectivity index (χ4n) is 3.58. The Morgan fingerprint density at radius 1 is 1.32 bits per heavy atom. The zero-order valence-electron chi connectivity index (χ0n) is 15.3. The van der Waals surface area contributed by atoms with Gasteiger partial charge in [0, 0.05) is 59.0 Å². The number of hydrogen-bond donors (Lipinski definition) is 1. The number of rotatable bonds is 7. The van der Waals surface area contributed by atoms with Crippen LogP contribution in [0.4, 0.5) is 0 Å². The summed E-state index contributed by atoms with van der Waals surface area (Å²) in [6.07, 6.45) is 8.32. The molecule has 1 aromatic rings. The maximum atomic E-state index is 5.91. The molecular formula is C18H31N5O2. The van der Waals surface area contributed by atoms with E-state index in [9.17, 15) is 0 Å². The third kappa shape index (κ3) is 5.71. The van der Waals surface area contributed by atoms with Crippen molar-refractivity contribution in [2.24, 2.45) is 4.99 Å². The molecule has 0 unspecified atom stereocenters. The Morgan fingerprint density at radius 2 is 2.12 bits per heavy atom. The summed E-state index contributed by atoms with van der Waals surface area (Å²) in [5.41, 5.74) is 0.998. The molecule has 0 radical (unpaired) electrons. The van der Waals surface area contributed by atoms with Gasteiger partial charge in [-0.15, -0.1) is 0 Å². The summed E-state index contributed by atoms with van der Waals surface area (Å²) in [6, 6.07) is 1.93. The molecule has 1 aliphatic heterocycles. The van der Waals surface area contributed by atoms with Crippen molar-refractivity contribution in [2.75, 3.05) is 46.4 Å². The number of aliphatic imine (C=N–C) groups is 1. The molecule has 2 aliphatic rings. The first kappa shape index (κ1) is 18.2. The zero-order chi connectivity index (χ0) is 17.3. The van der Waals surface area contributed by atoms with Crippen molar-refractivity contribution in [3.63, 3.8) is 0 Å². The summed E-state index contributed by atoms with van der Waals surface area (Å²) in [5.74, 6) is 1.00. The molecule has 1 N–H and O–H groups in total. The van der Waals surface area contributed by atoms with E-state index < -0.39 is 0 Å². The normalized spacial score (nSPS) is 20.4. The molecule has 1 saturated heterocycles. The molecule has 0 atom stereocenters. The summed E-state index contributed by atoms with van der Waals surface area (Å²) in [5, 5.41) is 7.46. The topological polar surface area (TPSA) is 66.1 Å². The fraction of sp³-hybridized carbons (Fsp3) is 0.778. The molecule has 0 spiro atoms. The van der Waals surface area contributed by atoms with Crippen molar-refractivity contribution in [1.82, 2.24) is 20.3 Å². The van der Waals surface area contributed by atoms with E-state index >= 15 is 0 Å². The Bertz CT molecular complexity index is 506. The van der Waals surface area contributed by atoms with Crippen LogP contribution < -0.4 is 5.32 Å². The molecular weight excluding hydrogens is 318 g/mol. The Morgan fingerprint density at radius 3 is 2.80 bits per heavy atom. The van der Waals surface area contributed by atoms with Gasteiger partial charge in [0.2, 0.25) is 0 Å². The number of ether oxygens (including phenoxy) is 1. The van der Waals surface area contributed by atoms with Crippen LogP contribution in [-0.4, -0.2) is 73.4 Å². The van der Waals surface area contributed by atoms with E-state index in [4.69, 9.17) is 9.26 Å². The van der Waals surface area contributed by atoms with Gasteiger partial charge >= 0.3 is 0 Å². The predicted octanol–water partition coefficient (Wildman–Crippen LogP) is 1.72. The molecule has 25 heavy (non-hydrogen) atoms. The van der Waals surface area contributed by atoms with Gasteiger partial charge in [0.15, 0.2) is 5.96 Å². The largest absolute Gasteiger partial charge is 0.378 e. The lowest BCUT2D eigenvalue weighted by Crippen LogP contribution is -2.52. The van der Waals surface area contributed by atoms with E-state index in [-0.39, 0.29) is 0 Å². The number of nitrogens with zero attached hydrogens (tertiary/aromatic N) is 4. The van der Waals surface area contributed by atoms with Gasteiger partial charge in [-0.1, -0.05) is 18.0 Å². The first-order chi connectivity index (χ1) is 12.3. The van der Waals surface area contributed by atoms with Crippen molar-refractivity contribution in [3.05, 3.63) is 18.0 Å².